The third-order valence-electron chi connectivity index (χ3n) is 3.72. The maximum absolute atomic E-state index is 11.6. The van der Waals surface area contributed by atoms with Gasteiger partial charge in [0.15, 0.2) is 0 Å². The van der Waals surface area contributed by atoms with Crippen molar-refractivity contribution in [2.75, 3.05) is 13.1 Å². The van der Waals surface area contributed by atoms with Crippen LogP contribution >= 0.6 is 11.9 Å². The van der Waals surface area contributed by atoms with Gasteiger partial charge < -0.3 is 10.0 Å². The minimum atomic E-state index is -0.939. The van der Waals surface area contributed by atoms with E-state index in [0.29, 0.717) is 11.4 Å². The van der Waals surface area contributed by atoms with E-state index in [0.717, 1.165) is 18.0 Å². The second kappa shape index (κ2) is 8.55. The Morgan fingerprint density at radius 2 is 1.62 bits per heavy atom. The summed E-state index contributed by atoms with van der Waals surface area (Å²) in [6.45, 7) is 7.65. The van der Waals surface area contributed by atoms with Crippen LogP contribution in [0.25, 0.3) is 0 Å². The molecule has 0 radical (unpaired) electrons. The van der Waals surface area contributed by atoms with Gasteiger partial charge in [0.05, 0.1) is 5.56 Å². The first kappa shape index (κ1) is 18.1. The largest absolute Gasteiger partial charge is 0.478 e. The van der Waals surface area contributed by atoms with Crippen molar-refractivity contribution in [1.82, 2.24) is 4.90 Å². The summed E-state index contributed by atoms with van der Waals surface area (Å²) in [6, 6.07) is 15.1. The van der Waals surface area contributed by atoms with Gasteiger partial charge in [0.25, 0.3) is 0 Å². The smallest absolute Gasteiger partial charge is 0.336 e. The maximum Gasteiger partial charge on any atom is 0.336 e. The van der Waals surface area contributed by atoms with Crippen LogP contribution in [0.3, 0.4) is 0 Å². The van der Waals surface area contributed by atoms with Crippen LogP contribution in [0.5, 0.6) is 0 Å². The molecule has 24 heavy (non-hydrogen) atoms. The van der Waals surface area contributed by atoms with E-state index in [-0.39, 0.29) is 5.56 Å². The van der Waals surface area contributed by atoms with E-state index in [1.165, 1.54) is 17.5 Å². The molecular formula is C19H22N2O2S. The number of benzene rings is 2. The number of aromatic carboxylic acids is 1. The van der Waals surface area contributed by atoms with E-state index in [2.05, 4.69) is 9.30 Å². The molecule has 0 amide bonds. The average molecular weight is 342 g/mol. The van der Waals surface area contributed by atoms with Crippen LogP contribution in [0.4, 0.5) is 0 Å². The lowest BCUT2D eigenvalue weighted by Gasteiger charge is -2.24. The summed E-state index contributed by atoms with van der Waals surface area (Å²) in [5.41, 5.74) is 2.12. The van der Waals surface area contributed by atoms with Gasteiger partial charge in [-0.1, -0.05) is 35.9 Å². The van der Waals surface area contributed by atoms with E-state index in [1.54, 1.807) is 12.1 Å². The fraction of sp³-hybridized carbons (Fsp3) is 0.263. The van der Waals surface area contributed by atoms with E-state index in [4.69, 9.17) is 0 Å². The number of nitrogens with zero attached hydrogens (tertiary/aromatic N) is 2. The molecule has 0 spiro atoms. The number of hydrogen-bond acceptors (Lipinski definition) is 3. The summed E-state index contributed by atoms with van der Waals surface area (Å²) in [5, 5.41) is 9.48. The highest BCUT2D eigenvalue weighted by Crippen LogP contribution is 2.23. The number of carbonyl (C=O) groups is 1. The predicted octanol–water partition coefficient (Wildman–Crippen LogP) is 4.49. The molecule has 2 aromatic carbocycles. The van der Waals surface area contributed by atoms with E-state index in [1.807, 2.05) is 57.2 Å². The quantitative estimate of drug-likeness (QED) is 0.477. The number of carboxylic acid groups (broad SMARTS) is 1. The normalized spacial score (nSPS) is 11.4. The molecule has 5 heteroatoms. The number of aryl methyl sites for hydroxylation is 1. The maximum atomic E-state index is 11.6. The summed E-state index contributed by atoms with van der Waals surface area (Å²) < 4.78 is 4.67. The first-order valence-corrected chi connectivity index (χ1v) is 8.73. The lowest BCUT2D eigenvalue weighted by Crippen LogP contribution is -2.32. The Kier molecular flexibility index (Phi) is 6.44. The summed E-state index contributed by atoms with van der Waals surface area (Å²) >= 11 is 1.36. The number of hydrogen-bond donors (Lipinski definition) is 1. The molecule has 126 valence electrons. The van der Waals surface area contributed by atoms with Gasteiger partial charge in [0.2, 0.25) is 0 Å². The van der Waals surface area contributed by atoms with Gasteiger partial charge in [-0.3, -0.25) is 0 Å². The van der Waals surface area contributed by atoms with Gasteiger partial charge in [-0.2, -0.15) is 4.40 Å². The van der Waals surface area contributed by atoms with Crippen molar-refractivity contribution in [1.29, 1.82) is 0 Å². The van der Waals surface area contributed by atoms with Crippen molar-refractivity contribution in [2.24, 2.45) is 4.40 Å². The van der Waals surface area contributed by atoms with Gasteiger partial charge in [-0.25, -0.2) is 4.79 Å². The van der Waals surface area contributed by atoms with Crippen molar-refractivity contribution in [3.63, 3.8) is 0 Å². The SMILES string of the molecule is CCN(CC)/C(=N/Sc1ccc(C)cc1)c1ccccc1C(=O)O. The van der Waals surface area contributed by atoms with Gasteiger partial charge in [-0.05, 0) is 39.0 Å². The number of amidine groups is 1. The summed E-state index contributed by atoms with van der Waals surface area (Å²) in [4.78, 5) is 14.7. The minimum Gasteiger partial charge on any atom is -0.478 e. The Morgan fingerprint density at radius 1 is 1.04 bits per heavy atom. The second-order valence-corrected chi connectivity index (χ2v) is 6.18. The van der Waals surface area contributed by atoms with Crippen molar-refractivity contribution >= 4 is 23.8 Å². The molecule has 0 saturated carbocycles. The fourth-order valence-electron chi connectivity index (χ4n) is 2.36. The molecule has 4 nitrogen and oxygen atoms in total. The van der Waals surface area contributed by atoms with Crippen molar-refractivity contribution in [2.45, 2.75) is 25.7 Å². The molecule has 0 heterocycles. The third kappa shape index (κ3) is 4.38. The van der Waals surface area contributed by atoms with Gasteiger partial charge in [-0.15, -0.1) is 0 Å². The Hall–Kier alpha value is -2.27. The molecule has 0 bridgehead atoms. The Morgan fingerprint density at radius 3 is 2.17 bits per heavy atom. The van der Waals surface area contributed by atoms with Gasteiger partial charge in [0.1, 0.15) is 5.84 Å². The Labute approximate surface area is 147 Å². The lowest BCUT2D eigenvalue weighted by molar-refractivity contribution is 0.0696. The minimum absolute atomic E-state index is 0.271. The molecule has 0 aliphatic heterocycles. The lowest BCUT2D eigenvalue weighted by atomic mass is 10.1. The molecule has 0 aliphatic rings. The highest BCUT2D eigenvalue weighted by molar-refractivity contribution is 7.98. The van der Waals surface area contributed by atoms with E-state index >= 15 is 0 Å². The van der Waals surface area contributed by atoms with Crippen molar-refractivity contribution in [3.05, 3.63) is 65.2 Å². The predicted molar refractivity (Wildman–Crippen MR) is 99.9 cm³/mol. The molecular weight excluding hydrogens is 320 g/mol. The molecule has 2 aromatic rings. The zero-order chi connectivity index (χ0) is 17.5. The zero-order valence-corrected chi connectivity index (χ0v) is 15.0. The van der Waals surface area contributed by atoms with E-state index in [9.17, 15) is 9.90 Å². The van der Waals surface area contributed by atoms with Crippen LogP contribution in [-0.4, -0.2) is 34.9 Å². The van der Waals surface area contributed by atoms with Crippen LogP contribution in [-0.2, 0) is 0 Å². The van der Waals surface area contributed by atoms with Crippen LogP contribution in [0.2, 0.25) is 0 Å². The third-order valence-corrected chi connectivity index (χ3v) is 4.47. The molecule has 0 aromatic heterocycles. The fourth-order valence-corrected chi connectivity index (χ4v) is 3.02. The Bertz CT molecular complexity index is 722. The molecule has 0 unspecified atom stereocenters. The first-order valence-electron chi connectivity index (χ1n) is 7.96. The van der Waals surface area contributed by atoms with Gasteiger partial charge in [0, 0.05) is 35.5 Å². The number of rotatable bonds is 6. The molecule has 0 saturated heterocycles. The standard InChI is InChI=1S/C19H22N2O2S/c1-4-21(5-2)18(16-8-6-7-9-17(16)19(22)23)20-24-15-12-10-14(3)11-13-15/h6-13H,4-5H2,1-3H3,(H,22,23)/b20-18+. The van der Waals surface area contributed by atoms with Crippen molar-refractivity contribution in [3.8, 4) is 0 Å². The van der Waals surface area contributed by atoms with Gasteiger partial charge >= 0.3 is 5.97 Å². The second-order valence-electron chi connectivity index (χ2n) is 5.34. The molecule has 0 aliphatic carbocycles. The van der Waals surface area contributed by atoms with Crippen LogP contribution in [0.15, 0.2) is 57.8 Å². The number of carboxylic acids is 1. The molecule has 1 N–H and O–H groups in total. The molecule has 0 fully saturated rings. The topological polar surface area (TPSA) is 52.9 Å². The summed E-state index contributed by atoms with van der Waals surface area (Å²) in [7, 11) is 0. The van der Waals surface area contributed by atoms with Crippen LogP contribution < -0.4 is 0 Å². The van der Waals surface area contributed by atoms with Crippen LogP contribution in [0.1, 0.15) is 35.3 Å². The zero-order valence-electron chi connectivity index (χ0n) is 14.2. The Balaban J connectivity index is 2.43. The highest BCUT2D eigenvalue weighted by atomic mass is 32.2. The summed E-state index contributed by atoms with van der Waals surface area (Å²) in [6.07, 6.45) is 0. The highest BCUT2D eigenvalue weighted by Gasteiger charge is 2.18. The van der Waals surface area contributed by atoms with E-state index < -0.39 is 5.97 Å². The molecule has 2 rings (SSSR count). The van der Waals surface area contributed by atoms with Crippen LogP contribution in [0, 0.1) is 6.92 Å². The summed E-state index contributed by atoms with van der Waals surface area (Å²) in [5.74, 6) is -0.241. The average Bonchev–Trinajstić information content (AvgIpc) is 2.60. The molecule has 0 atom stereocenters. The first-order chi connectivity index (χ1) is 11.6. The van der Waals surface area contributed by atoms with Crippen molar-refractivity contribution < 1.29 is 9.90 Å². The monoisotopic (exact) mass is 342 g/mol.